The first-order valence-corrected chi connectivity index (χ1v) is 3.94. The lowest BCUT2D eigenvalue weighted by atomic mass is 10.2. The van der Waals surface area contributed by atoms with Crippen molar-refractivity contribution in [1.82, 2.24) is 4.98 Å². The largest absolute Gasteiger partial charge is 0.466 e. The number of carbonyl (C=O) groups excluding carboxylic acids is 2. The van der Waals surface area contributed by atoms with Gasteiger partial charge in [-0.3, -0.25) is 9.78 Å². The second-order valence-corrected chi connectivity index (χ2v) is 2.46. The smallest absolute Gasteiger partial charge is 0.330 e. The lowest BCUT2D eigenvalue weighted by molar-refractivity contribution is -0.134. The molecule has 0 fully saturated rings. The number of methoxy groups -OCH3 is 1. The Labute approximate surface area is 81.2 Å². The third-order valence-corrected chi connectivity index (χ3v) is 1.52. The number of allylic oxidation sites excluding steroid dienone is 1. The average molecular weight is 191 g/mol. The average Bonchev–Trinajstić information content (AvgIpc) is 2.26. The minimum Gasteiger partial charge on any atom is -0.466 e. The molecule has 0 saturated heterocycles. The van der Waals surface area contributed by atoms with Crippen LogP contribution in [0.25, 0.3) is 0 Å². The van der Waals surface area contributed by atoms with E-state index in [4.69, 9.17) is 0 Å². The number of hydrogen-bond acceptors (Lipinski definition) is 4. The summed E-state index contributed by atoms with van der Waals surface area (Å²) < 4.78 is 4.34. The van der Waals surface area contributed by atoms with E-state index in [0.717, 1.165) is 12.2 Å². The summed E-state index contributed by atoms with van der Waals surface area (Å²) in [5.74, 6) is -0.828. The lowest BCUT2D eigenvalue weighted by Crippen LogP contribution is -1.99. The van der Waals surface area contributed by atoms with E-state index in [1.807, 2.05) is 0 Å². The maximum absolute atomic E-state index is 11.3. The monoisotopic (exact) mass is 191 g/mol. The highest BCUT2D eigenvalue weighted by Gasteiger charge is 2.01. The maximum atomic E-state index is 11.3. The first-order chi connectivity index (χ1) is 6.74. The zero-order chi connectivity index (χ0) is 10.4. The van der Waals surface area contributed by atoms with Crippen LogP contribution in [0, 0.1) is 0 Å². The molecule has 0 N–H and O–H groups in total. The van der Waals surface area contributed by atoms with E-state index >= 15 is 0 Å². The van der Waals surface area contributed by atoms with Crippen molar-refractivity contribution in [2.75, 3.05) is 7.11 Å². The zero-order valence-electron chi connectivity index (χ0n) is 7.64. The molecule has 1 aromatic heterocycles. The first-order valence-electron chi connectivity index (χ1n) is 3.94. The number of hydrogen-bond donors (Lipinski definition) is 0. The normalized spacial score (nSPS) is 10.1. The number of ether oxygens (including phenoxy) is 1. The van der Waals surface area contributed by atoms with E-state index in [1.165, 1.54) is 13.3 Å². The van der Waals surface area contributed by atoms with Gasteiger partial charge in [0, 0.05) is 24.0 Å². The number of carbonyl (C=O) groups is 2. The molecule has 1 rings (SSSR count). The van der Waals surface area contributed by atoms with Gasteiger partial charge in [0.25, 0.3) is 0 Å². The van der Waals surface area contributed by atoms with Gasteiger partial charge in [-0.2, -0.15) is 0 Å². The van der Waals surface area contributed by atoms with Crippen LogP contribution in [0.15, 0.2) is 36.7 Å². The SMILES string of the molecule is COC(=O)/C=C/C(=O)c1cccnc1. The summed E-state index contributed by atoms with van der Waals surface area (Å²) in [4.78, 5) is 25.8. The van der Waals surface area contributed by atoms with Crippen LogP contribution in [-0.4, -0.2) is 23.8 Å². The van der Waals surface area contributed by atoms with Crippen LogP contribution < -0.4 is 0 Å². The topological polar surface area (TPSA) is 56.3 Å². The van der Waals surface area contributed by atoms with Gasteiger partial charge in [-0.15, -0.1) is 0 Å². The van der Waals surface area contributed by atoms with E-state index in [0.29, 0.717) is 5.56 Å². The summed E-state index contributed by atoms with van der Waals surface area (Å²) in [6.45, 7) is 0. The first kappa shape index (κ1) is 10.1. The van der Waals surface area contributed by atoms with Crippen molar-refractivity contribution in [1.29, 1.82) is 0 Å². The fraction of sp³-hybridized carbons (Fsp3) is 0.100. The number of esters is 1. The highest BCUT2D eigenvalue weighted by Crippen LogP contribution is 1.98. The number of aromatic nitrogens is 1. The molecule has 0 bridgehead atoms. The summed E-state index contributed by atoms with van der Waals surface area (Å²) in [6, 6.07) is 3.27. The van der Waals surface area contributed by atoms with Crippen molar-refractivity contribution in [3.8, 4) is 0 Å². The van der Waals surface area contributed by atoms with Crippen LogP contribution in [0.1, 0.15) is 10.4 Å². The Balaban J connectivity index is 2.69. The molecule has 72 valence electrons. The van der Waals surface area contributed by atoms with Gasteiger partial charge in [0.1, 0.15) is 0 Å². The molecule has 0 unspecified atom stereocenters. The molecule has 0 aromatic carbocycles. The predicted molar refractivity (Wildman–Crippen MR) is 49.7 cm³/mol. The molecule has 0 aliphatic rings. The van der Waals surface area contributed by atoms with Gasteiger partial charge in [0.15, 0.2) is 5.78 Å². The van der Waals surface area contributed by atoms with Crippen LogP contribution >= 0.6 is 0 Å². The van der Waals surface area contributed by atoms with E-state index in [2.05, 4.69) is 9.72 Å². The van der Waals surface area contributed by atoms with Gasteiger partial charge < -0.3 is 4.74 Å². The highest BCUT2D eigenvalue weighted by atomic mass is 16.5. The van der Waals surface area contributed by atoms with Crippen molar-refractivity contribution in [2.45, 2.75) is 0 Å². The maximum Gasteiger partial charge on any atom is 0.330 e. The summed E-state index contributed by atoms with van der Waals surface area (Å²) in [5.41, 5.74) is 0.438. The molecule has 0 aliphatic carbocycles. The van der Waals surface area contributed by atoms with Gasteiger partial charge in [0.05, 0.1) is 7.11 Å². The van der Waals surface area contributed by atoms with Crippen LogP contribution in [0.2, 0.25) is 0 Å². The number of ketones is 1. The summed E-state index contributed by atoms with van der Waals surface area (Å²) in [7, 11) is 1.25. The Morgan fingerprint density at radius 1 is 1.43 bits per heavy atom. The molecule has 4 nitrogen and oxygen atoms in total. The Morgan fingerprint density at radius 2 is 2.21 bits per heavy atom. The van der Waals surface area contributed by atoms with Gasteiger partial charge >= 0.3 is 5.97 Å². The fourth-order valence-electron chi connectivity index (χ4n) is 0.817. The number of pyridine rings is 1. The molecule has 1 heterocycles. The van der Waals surface area contributed by atoms with Crippen molar-refractivity contribution in [2.24, 2.45) is 0 Å². The minimum absolute atomic E-state index is 0.275. The molecular formula is C10H9NO3. The summed E-state index contributed by atoms with van der Waals surface area (Å²) >= 11 is 0. The molecule has 0 saturated carbocycles. The second-order valence-electron chi connectivity index (χ2n) is 2.46. The standard InChI is InChI=1S/C10H9NO3/c1-14-10(13)5-4-9(12)8-3-2-6-11-7-8/h2-7H,1H3/b5-4+. The van der Waals surface area contributed by atoms with E-state index in [-0.39, 0.29) is 5.78 Å². The van der Waals surface area contributed by atoms with Crippen LogP contribution in [0.3, 0.4) is 0 Å². The Kier molecular flexibility index (Phi) is 3.55. The second kappa shape index (κ2) is 4.91. The van der Waals surface area contributed by atoms with E-state index in [1.54, 1.807) is 18.3 Å². The molecule has 0 atom stereocenters. The van der Waals surface area contributed by atoms with E-state index < -0.39 is 5.97 Å². The fourth-order valence-corrected chi connectivity index (χ4v) is 0.817. The summed E-state index contributed by atoms with van der Waals surface area (Å²) in [6.07, 6.45) is 5.24. The van der Waals surface area contributed by atoms with Crippen molar-refractivity contribution < 1.29 is 14.3 Å². The molecule has 14 heavy (non-hydrogen) atoms. The molecule has 1 aromatic rings. The summed E-state index contributed by atoms with van der Waals surface area (Å²) in [5, 5.41) is 0. The third kappa shape index (κ3) is 2.82. The molecule has 0 aliphatic heterocycles. The zero-order valence-corrected chi connectivity index (χ0v) is 7.64. The van der Waals surface area contributed by atoms with Crippen molar-refractivity contribution in [3.05, 3.63) is 42.2 Å². The minimum atomic E-state index is -0.553. The lowest BCUT2D eigenvalue weighted by Gasteiger charge is -1.92. The predicted octanol–water partition coefficient (Wildman–Crippen LogP) is 0.993. The highest BCUT2D eigenvalue weighted by molar-refractivity contribution is 6.06. The van der Waals surface area contributed by atoms with Crippen LogP contribution in [0.4, 0.5) is 0 Å². The Bertz CT molecular complexity index is 357. The van der Waals surface area contributed by atoms with Crippen molar-refractivity contribution >= 4 is 11.8 Å². The molecule has 0 amide bonds. The molecule has 4 heteroatoms. The molecule has 0 radical (unpaired) electrons. The Morgan fingerprint density at radius 3 is 2.79 bits per heavy atom. The van der Waals surface area contributed by atoms with Crippen LogP contribution in [0.5, 0.6) is 0 Å². The van der Waals surface area contributed by atoms with Gasteiger partial charge in [0.2, 0.25) is 0 Å². The van der Waals surface area contributed by atoms with E-state index in [9.17, 15) is 9.59 Å². The van der Waals surface area contributed by atoms with Gasteiger partial charge in [-0.05, 0) is 18.2 Å². The van der Waals surface area contributed by atoms with Gasteiger partial charge in [-0.25, -0.2) is 4.79 Å². The number of nitrogens with zero attached hydrogens (tertiary/aromatic N) is 1. The quantitative estimate of drug-likeness (QED) is 0.406. The molecular weight excluding hydrogens is 182 g/mol. The Hall–Kier alpha value is -1.97. The van der Waals surface area contributed by atoms with Gasteiger partial charge in [-0.1, -0.05) is 0 Å². The van der Waals surface area contributed by atoms with Crippen molar-refractivity contribution in [3.63, 3.8) is 0 Å². The third-order valence-electron chi connectivity index (χ3n) is 1.52. The number of rotatable bonds is 3. The molecule has 0 spiro atoms. The van der Waals surface area contributed by atoms with Crippen LogP contribution in [-0.2, 0) is 9.53 Å².